The molecule has 1 saturated carbocycles. The maximum atomic E-state index is 4.78. The Hall–Kier alpha value is 0.350. The van der Waals surface area contributed by atoms with Crippen molar-refractivity contribution in [2.45, 2.75) is 63.0 Å². The SMILES string of the molecule is CCCCC1(S)CCCCC1. The molecular weight excluding hydrogens is 152 g/mol. The Balaban J connectivity index is 2.25. The lowest BCUT2D eigenvalue weighted by molar-refractivity contribution is 0.372. The molecule has 1 heteroatoms. The molecule has 1 fully saturated rings. The van der Waals surface area contributed by atoms with Crippen LogP contribution in [0, 0.1) is 0 Å². The van der Waals surface area contributed by atoms with Crippen LogP contribution in [-0.2, 0) is 0 Å². The van der Waals surface area contributed by atoms with Crippen LogP contribution in [0.15, 0.2) is 0 Å². The topological polar surface area (TPSA) is 0 Å². The molecule has 11 heavy (non-hydrogen) atoms. The molecule has 0 bridgehead atoms. The van der Waals surface area contributed by atoms with Gasteiger partial charge in [-0.05, 0) is 19.3 Å². The molecule has 0 N–H and O–H groups in total. The quantitative estimate of drug-likeness (QED) is 0.615. The summed E-state index contributed by atoms with van der Waals surface area (Å²) in [4.78, 5) is 0. The third-order valence-electron chi connectivity index (χ3n) is 2.78. The van der Waals surface area contributed by atoms with Crippen molar-refractivity contribution in [1.82, 2.24) is 0 Å². The fourth-order valence-electron chi connectivity index (χ4n) is 1.97. The van der Waals surface area contributed by atoms with Gasteiger partial charge in [-0.1, -0.05) is 39.0 Å². The zero-order chi connectivity index (χ0) is 8.16. The molecule has 0 atom stereocenters. The second kappa shape index (κ2) is 4.39. The van der Waals surface area contributed by atoms with E-state index < -0.39 is 0 Å². The van der Waals surface area contributed by atoms with Crippen molar-refractivity contribution in [1.29, 1.82) is 0 Å². The maximum Gasteiger partial charge on any atom is 0.0130 e. The summed E-state index contributed by atoms with van der Waals surface area (Å²) >= 11 is 4.78. The van der Waals surface area contributed by atoms with Crippen molar-refractivity contribution >= 4 is 12.6 Å². The van der Waals surface area contributed by atoms with Crippen molar-refractivity contribution in [2.75, 3.05) is 0 Å². The lowest BCUT2D eigenvalue weighted by Crippen LogP contribution is -2.24. The zero-order valence-corrected chi connectivity index (χ0v) is 8.50. The van der Waals surface area contributed by atoms with E-state index in [-0.39, 0.29) is 0 Å². The van der Waals surface area contributed by atoms with Crippen molar-refractivity contribution in [2.24, 2.45) is 0 Å². The highest BCUT2D eigenvalue weighted by molar-refractivity contribution is 7.81. The molecular formula is C10H20S. The first-order valence-corrected chi connectivity index (χ1v) is 5.44. The summed E-state index contributed by atoms with van der Waals surface area (Å²) in [5, 5.41) is 0. The molecule has 0 aromatic heterocycles. The van der Waals surface area contributed by atoms with Crippen LogP contribution >= 0.6 is 12.6 Å². The minimum absolute atomic E-state index is 0.425. The highest BCUT2D eigenvalue weighted by Gasteiger charge is 2.26. The molecule has 0 spiro atoms. The average molecular weight is 172 g/mol. The lowest BCUT2D eigenvalue weighted by Gasteiger charge is -2.32. The molecule has 0 nitrogen and oxygen atoms in total. The molecule has 0 heterocycles. The monoisotopic (exact) mass is 172 g/mol. The summed E-state index contributed by atoms with van der Waals surface area (Å²) in [6.07, 6.45) is 11.0. The van der Waals surface area contributed by atoms with E-state index in [2.05, 4.69) is 6.92 Å². The highest BCUT2D eigenvalue weighted by atomic mass is 32.1. The minimum Gasteiger partial charge on any atom is -0.173 e. The summed E-state index contributed by atoms with van der Waals surface area (Å²) in [6.45, 7) is 2.26. The molecule has 0 aromatic rings. The van der Waals surface area contributed by atoms with Crippen LogP contribution in [0.3, 0.4) is 0 Å². The fraction of sp³-hybridized carbons (Fsp3) is 1.00. The first-order valence-electron chi connectivity index (χ1n) is 4.99. The number of rotatable bonds is 3. The van der Waals surface area contributed by atoms with Gasteiger partial charge in [0.25, 0.3) is 0 Å². The minimum atomic E-state index is 0.425. The predicted molar refractivity (Wildman–Crippen MR) is 54.3 cm³/mol. The Labute approximate surface area is 76.2 Å². The molecule has 0 saturated heterocycles. The van der Waals surface area contributed by atoms with Crippen LogP contribution in [0.5, 0.6) is 0 Å². The van der Waals surface area contributed by atoms with Gasteiger partial charge in [-0.25, -0.2) is 0 Å². The van der Waals surface area contributed by atoms with Crippen LogP contribution < -0.4 is 0 Å². The van der Waals surface area contributed by atoms with Crippen molar-refractivity contribution < 1.29 is 0 Å². The Morgan fingerprint density at radius 1 is 1.18 bits per heavy atom. The Morgan fingerprint density at radius 2 is 1.82 bits per heavy atom. The van der Waals surface area contributed by atoms with Gasteiger partial charge in [0, 0.05) is 4.75 Å². The molecule has 0 unspecified atom stereocenters. The van der Waals surface area contributed by atoms with Gasteiger partial charge >= 0.3 is 0 Å². The summed E-state index contributed by atoms with van der Waals surface area (Å²) in [6, 6.07) is 0. The number of hydrogen-bond donors (Lipinski definition) is 1. The summed E-state index contributed by atoms with van der Waals surface area (Å²) in [5.41, 5.74) is 0. The van der Waals surface area contributed by atoms with Gasteiger partial charge in [0.05, 0.1) is 0 Å². The summed E-state index contributed by atoms with van der Waals surface area (Å²) < 4.78 is 0.425. The Kier molecular flexibility index (Phi) is 3.77. The summed E-state index contributed by atoms with van der Waals surface area (Å²) in [7, 11) is 0. The molecule has 66 valence electrons. The van der Waals surface area contributed by atoms with E-state index in [1.165, 1.54) is 51.4 Å². The van der Waals surface area contributed by atoms with Crippen LogP contribution in [0.2, 0.25) is 0 Å². The number of thiol groups is 1. The molecule has 1 rings (SSSR count). The van der Waals surface area contributed by atoms with Crippen LogP contribution in [-0.4, -0.2) is 4.75 Å². The van der Waals surface area contributed by atoms with Crippen LogP contribution in [0.1, 0.15) is 58.3 Å². The first-order chi connectivity index (χ1) is 5.27. The van der Waals surface area contributed by atoms with Gasteiger partial charge < -0.3 is 0 Å². The van der Waals surface area contributed by atoms with Crippen molar-refractivity contribution in [3.63, 3.8) is 0 Å². The first kappa shape index (κ1) is 9.44. The van der Waals surface area contributed by atoms with Crippen LogP contribution in [0.25, 0.3) is 0 Å². The molecule has 1 aliphatic rings. The standard InChI is InChI=1S/C10H20S/c1-2-3-7-10(11)8-5-4-6-9-10/h11H,2-9H2,1H3. The second-order valence-electron chi connectivity index (χ2n) is 3.89. The van der Waals surface area contributed by atoms with E-state index in [0.29, 0.717) is 4.75 Å². The molecule has 0 amide bonds. The van der Waals surface area contributed by atoms with Gasteiger partial charge in [0.15, 0.2) is 0 Å². The van der Waals surface area contributed by atoms with E-state index in [4.69, 9.17) is 12.6 Å². The predicted octanol–water partition coefficient (Wildman–Crippen LogP) is 3.81. The lowest BCUT2D eigenvalue weighted by atomic mass is 9.85. The van der Waals surface area contributed by atoms with Gasteiger partial charge in [0.1, 0.15) is 0 Å². The third-order valence-corrected chi connectivity index (χ3v) is 3.45. The smallest absolute Gasteiger partial charge is 0.0130 e. The molecule has 0 radical (unpaired) electrons. The molecule has 0 aliphatic heterocycles. The molecule has 1 aliphatic carbocycles. The highest BCUT2D eigenvalue weighted by Crippen LogP contribution is 2.37. The van der Waals surface area contributed by atoms with Crippen molar-refractivity contribution in [3.05, 3.63) is 0 Å². The average Bonchev–Trinajstić information content (AvgIpc) is 2.03. The van der Waals surface area contributed by atoms with E-state index in [1.54, 1.807) is 0 Å². The van der Waals surface area contributed by atoms with E-state index in [1.807, 2.05) is 0 Å². The van der Waals surface area contributed by atoms with E-state index >= 15 is 0 Å². The van der Waals surface area contributed by atoms with Gasteiger partial charge in [-0.15, -0.1) is 0 Å². The number of unbranched alkanes of at least 4 members (excludes halogenated alkanes) is 1. The van der Waals surface area contributed by atoms with E-state index in [0.717, 1.165) is 0 Å². The maximum absolute atomic E-state index is 4.78. The van der Waals surface area contributed by atoms with Gasteiger partial charge in [0.2, 0.25) is 0 Å². The van der Waals surface area contributed by atoms with E-state index in [9.17, 15) is 0 Å². The largest absolute Gasteiger partial charge is 0.173 e. The van der Waals surface area contributed by atoms with Crippen molar-refractivity contribution in [3.8, 4) is 0 Å². The van der Waals surface area contributed by atoms with Crippen LogP contribution in [0.4, 0.5) is 0 Å². The summed E-state index contributed by atoms with van der Waals surface area (Å²) in [5.74, 6) is 0. The normalized spacial score (nSPS) is 23.5. The fourth-order valence-corrected chi connectivity index (χ4v) is 2.44. The Bertz CT molecular complexity index is 103. The Morgan fingerprint density at radius 3 is 2.36 bits per heavy atom. The van der Waals surface area contributed by atoms with Gasteiger partial charge in [-0.2, -0.15) is 12.6 Å². The van der Waals surface area contributed by atoms with Gasteiger partial charge in [-0.3, -0.25) is 0 Å². The third kappa shape index (κ3) is 3.06. The zero-order valence-electron chi connectivity index (χ0n) is 7.60. The second-order valence-corrected chi connectivity index (χ2v) is 4.84. The number of hydrogen-bond acceptors (Lipinski definition) is 1. The molecule has 0 aromatic carbocycles.